The summed E-state index contributed by atoms with van der Waals surface area (Å²) in [5.74, 6) is -1.10. The Hall–Kier alpha value is -1.94. The normalized spacial score (nSPS) is 17.3. The summed E-state index contributed by atoms with van der Waals surface area (Å²) in [6, 6.07) is 8.89. The van der Waals surface area contributed by atoms with E-state index in [1.54, 1.807) is 12.1 Å². The zero-order valence-electron chi connectivity index (χ0n) is 16.4. The molecule has 1 N–H and O–H groups in total. The molecule has 0 saturated heterocycles. The topological polar surface area (TPSA) is 54.4 Å². The summed E-state index contributed by atoms with van der Waals surface area (Å²) < 4.78 is 0.415. The number of fused-ring (bicyclic) bond motifs is 1. The van der Waals surface area contributed by atoms with Gasteiger partial charge < -0.3 is 5.11 Å². The average Bonchev–Trinajstić information content (AvgIpc) is 2.57. The minimum atomic E-state index is -1.02. The van der Waals surface area contributed by atoms with Crippen molar-refractivity contribution in [3.8, 4) is 0 Å². The Morgan fingerprint density at radius 1 is 0.926 bits per heavy atom. The van der Waals surface area contributed by atoms with Crippen LogP contribution in [0.4, 0.5) is 0 Å². The van der Waals surface area contributed by atoms with Crippen molar-refractivity contribution in [3.05, 3.63) is 68.2 Å². The van der Waals surface area contributed by atoms with E-state index in [-0.39, 0.29) is 22.2 Å². The van der Waals surface area contributed by atoms with Crippen molar-refractivity contribution in [1.29, 1.82) is 0 Å². The molecule has 0 amide bonds. The van der Waals surface area contributed by atoms with Gasteiger partial charge in [0.15, 0.2) is 5.78 Å². The molecule has 0 radical (unpaired) electrons. The van der Waals surface area contributed by atoms with E-state index in [9.17, 15) is 14.7 Å². The zero-order valence-corrected chi connectivity index (χ0v) is 18.0. The van der Waals surface area contributed by atoms with Crippen LogP contribution in [0.2, 0.25) is 0 Å². The maximum absolute atomic E-state index is 13.2. The highest BCUT2D eigenvalue weighted by Gasteiger charge is 2.37. The predicted octanol–water partition coefficient (Wildman–Crippen LogP) is 6.04. The van der Waals surface area contributed by atoms with E-state index in [0.717, 1.165) is 18.4 Å². The van der Waals surface area contributed by atoms with E-state index in [0.29, 0.717) is 15.6 Å². The van der Waals surface area contributed by atoms with Gasteiger partial charge in [-0.25, -0.2) is 4.79 Å². The monoisotopic (exact) mass is 428 g/mol. The number of carboxylic acids is 1. The molecule has 0 heterocycles. The lowest BCUT2D eigenvalue weighted by atomic mass is 9.62. The maximum atomic E-state index is 13.2. The number of hydrogen-bond donors (Lipinski definition) is 1. The number of aromatic carboxylic acids is 1. The number of benzene rings is 2. The smallest absolute Gasteiger partial charge is 0.336 e. The number of rotatable bonds is 3. The number of aryl methyl sites for hydroxylation is 1. The Morgan fingerprint density at radius 2 is 1.48 bits per heavy atom. The van der Waals surface area contributed by atoms with Crippen molar-refractivity contribution in [3.63, 3.8) is 0 Å². The number of hydrogen-bond acceptors (Lipinski definition) is 2. The van der Waals surface area contributed by atoms with E-state index >= 15 is 0 Å². The average molecular weight is 429 g/mol. The van der Waals surface area contributed by atoms with Crippen LogP contribution in [-0.2, 0) is 10.8 Å². The highest BCUT2D eigenvalue weighted by Crippen LogP contribution is 2.46. The highest BCUT2D eigenvalue weighted by molar-refractivity contribution is 9.10. The SMILES string of the molecule is Cc1cc2c(cc1C(=O)c1ccc(C(=O)O)c(Br)c1)C(C)(C)CCC2(C)C. The quantitative estimate of drug-likeness (QED) is 0.606. The van der Waals surface area contributed by atoms with Gasteiger partial charge in [-0.2, -0.15) is 0 Å². The van der Waals surface area contributed by atoms with Gasteiger partial charge in [-0.05, 0) is 81.4 Å². The third kappa shape index (κ3) is 3.47. The molecule has 0 aromatic heterocycles. The number of carbonyl (C=O) groups is 2. The third-order valence-electron chi connectivity index (χ3n) is 5.90. The first-order valence-corrected chi connectivity index (χ1v) is 9.96. The fourth-order valence-electron chi connectivity index (χ4n) is 3.95. The van der Waals surface area contributed by atoms with Gasteiger partial charge in [0.1, 0.15) is 0 Å². The Labute approximate surface area is 168 Å². The summed E-state index contributed by atoms with van der Waals surface area (Å²) in [5, 5.41) is 9.18. The molecule has 2 aromatic rings. The Kier molecular flexibility index (Phi) is 4.84. The van der Waals surface area contributed by atoms with E-state index in [4.69, 9.17) is 0 Å². The summed E-state index contributed by atoms with van der Waals surface area (Å²) in [5.41, 5.74) is 4.99. The van der Waals surface area contributed by atoms with Gasteiger partial charge in [0.25, 0.3) is 0 Å². The summed E-state index contributed by atoms with van der Waals surface area (Å²) in [6.07, 6.45) is 2.21. The second-order valence-electron chi connectivity index (χ2n) is 8.81. The number of carbonyl (C=O) groups excluding carboxylic acids is 1. The molecule has 0 aliphatic heterocycles. The first kappa shape index (κ1) is 19.8. The van der Waals surface area contributed by atoms with Gasteiger partial charge in [-0.15, -0.1) is 0 Å². The van der Waals surface area contributed by atoms with Crippen molar-refractivity contribution < 1.29 is 14.7 Å². The molecule has 3 rings (SSSR count). The summed E-state index contributed by atoms with van der Waals surface area (Å²) in [7, 11) is 0. The molecular formula is C23H25BrO3. The lowest BCUT2D eigenvalue weighted by Gasteiger charge is -2.42. The van der Waals surface area contributed by atoms with E-state index in [1.165, 1.54) is 17.2 Å². The Bertz CT molecular complexity index is 954. The molecule has 0 spiro atoms. The third-order valence-corrected chi connectivity index (χ3v) is 6.56. The van der Waals surface area contributed by atoms with Crippen LogP contribution in [0.5, 0.6) is 0 Å². The van der Waals surface area contributed by atoms with Gasteiger partial charge >= 0.3 is 5.97 Å². The van der Waals surface area contributed by atoms with Crippen LogP contribution in [0.25, 0.3) is 0 Å². The molecule has 0 unspecified atom stereocenters. The fourth-order valence-corrected chi connectivity index (χ4v) is 4.50. The van der Waals surface area contributed by atoms with Gasteiger partial charge in [-0.1, -0.05) is 39.8 Å². The fraction of sp³-hybridized carbons (Fsp3) is 0.391. The molecule has 142 valence electrons. The van der Waals surface area contributed by atoms with E-state index in [1.807, 2.05) is 6.92 Å². The van der Waals surface area contributed by atoms with Crippen LogP contribution in [0.1, 0.15) is 83.5 Å². The van der Waals surface area contributed by atoms with Crippen molar-refractivity contribution >= 4 is 27.7 Å². The highest BCUT2D eigenvalue weighted by atomic mass is 79.9. The summed E-state index contributed by atoms with van der Waals surface area (Å²) in [6.45, 7) is 11.0. The lowest BCUT2D eigenvalue weighted by Crippen LogP contribution is -2.34. The molecule has 0 saturated carbocycles. The first-order chi connectivity index (χ1) is 12.4. The minimum Gasteiger partial charge on any atom is -0.478 e. The standard InChI is InChI=1S/C23H25BrO3/c1-13-10-17-18(23(4,5)9-8-22(17,2)3)12-16(13)20(25)14-6-7-15(21(26)27)19(24)11-14/h6-7,10-12H,8-9H2,1-5H3,(H,26,27). The van der Waals surface area contributed by atoms with Crippen LogP contribution in [0, 0.1) is 6.92 Å². The molecule has 0 bridgehead atoms. The minimum absolute atomic E-state index is 0.0291. The molecule has 0 fully saturated rings. The van der Waals surface area contributed by atoms with E-state index < -0.39 is 5.97 Å². The maximum Gasteiger partial charge on any atom is 0.336 e. The Balaban J connectivity index is 2.12. The van der Waals surface area contributed by atoms with Gasteiger partial charge in [0.05, 0.1) is 5.56 Å². The molecular weight excluding hydrogens is 404 g/mol. The number of halogens is 1. The molecule has 27 heavy (non-hydrogen) atoms. The summed E-state index contributed by atoms with van der Waals surface area (Å²) in [4.78, 5) is 24.4. The first-order valence-electron chi connectivity index (χ1n) is 9.17. The van der Waals surface area contributed by atoms with Crippen molar-refractivity contribution in [2.75, 3.05) is 0 Å². The van der Waals surface area contributed by atoms with Gasteiger partial charge in [0, 0.05) is 15.6 Å². The largest absolute Gasteiger partial charge is 0.478 e. The molecule has 4 heteroatoms. The molecule has 1 aliphatic rings. The zero-order chi connectivity index (χ0) is 20.1. The van der Waals surface area contributed by atoms with Crippen molar-refractivity contribution in [2.45, 2.75) is 58.3 Å². The molecule has 3 nitrogen and oxygen atoms in total. The molecule has 0 atom stereocenters. The van der Waals surface area contributed by atoms with Crippen LogP contribution in [0.15, 0.2) is 34.8 Å². The summed E-state index contributed by atoms with van der Waals surface area (Å²) >= 11 is 3.27. The van der Waals surface area contributed by atoms with E-state index in [2.05, 4.69) is 55.8 Å². The van der Waals surface area contributed by atoms with Crippen molar-refractivity contribution in [2.24, 2.45) is 0 Å². The van der Waals surface area contributed by atoms with Gasteiger partial charge in [0.2, 0.25) is 0 Å². The molecule has 1 aliphatic carbocycles. The number of ketones is 1. The van der Waals surface area contributed by atoms with Crippen LogP contribution < -0.4 is 0 Å². The van der Waals surface area contributed by atoms with Crippen LogP contribution in [-0.4, -0.2) is 16.9 Å². The predicted molar refractivity (Wildman–Crippen MR) is 111 cm³/mol. The Morgan fingerprint density at radius 3 is 2.00 bits per heavy atom. The van der Waals surface area contributed by atoms with Crippen LogP contribution in [0.3, 0.4) is 0 Å². The second-order valence-corrected chi connectivity index (χ2v) is 9.66. The second kappa shape index (κ2) is 6.59. The lowest BCUT2D eigenvalue weighted by molar-refractivity contribution is 0.0695. The van der Waals surface area contributed by atoms with Gasteiger partial charge in [-0.3, -0.25) is 4.79 Å². The number of carboxylic acid groups (broad SMARTS) is 1. The van der Waals surface area contributed by atoms with Crippen molar-refractivity contribution in [1.82, 2.24) is 0 Å². The molecule has 2 aromatic carbocycles. The van der Waals surface area contributed by atoms with Crippen LogP contribution >= 0.6 is 15.9 Å².